The van der Waals surface area contributed by atoms with Gasteiger partial charge in [0.15, 0.2) is 0 Å². The minimum Gasteiger partial charge on any atom is -0.486 e. The predicted molar refractivity (Wildman–Crippen MR) is 139 cm³/mol. The van der Waals surface area contributed by atoms with Crippen LogP contribution in [0.2, 0.25) is 5.02 Å². The van der Waals surface area contributed by atoms with Gasteiger partial charge in [0.1, 0.15) is 23.8 Å². The number of pyridine rings is 2. The van der Waals surface area contributed by atoms with E-state index < -0.39 is 5.83 Å². The van der Waals surface area contributed by atoms with Gasteiger partial charge >= 0.3 is 0 Å². The fourth-order valence-corrected chi connectivity index (χ4v) is 4.76. The van der Waals surface area contributed by atoms with Crippen molar-refractivity contribution in [3.05, 3.63) is 76.3 Å². The Morgan fingerprint density at radius 2 is 2.00 bits per heavy atom. The Balaban J connectivity index is 1.33. The molecule has 36 heavy (non-hydrogen) atoms. The van der Waals surface area contributed by atoms with Crippen LogP contribution in [0, 0.1) is 6.92 Å². The van der Waals surface area contributed by atoms with Crippen molar-refractivity contribution in [2.24, 2.45) is 0 Å². The van der Waals surface area contributed by atoms with Crippen LogP contribution < -0.4 is 14.8 Å². The maximum Gasteiger partial charge on any atom is 0.213 e. The first-order valence-corrected chi connectivity index (χ1v) is 12.3. The molecule has 0 saturated carbocycles. The van der Waals surface area contributed by atoms with Crippen LogP contribution in [0.1, 0.15) is 48.3 Å². The van der Waals surface area contributed by atoms with Crippen molar-refractivity contribution >= 4 is 34.4 Å². The second-order valence-corrected chi connectivity index (χ2v) is 9.28. The van der Waals surface area contributed by atoms with Crippen LogP contribution in [0.25, 0.3) is 22.8 Å². The summed E-state index contributed by atoms with van der Waals surface area (Å²) in [6.07, 6.45) is 7.97. The van der Waals surface area contributed by atoms with Gasteiger partial charge < -0.3 is 14.8 Å². The van der Waals surface area contributed by atoms with Crippen LogP contribution in [-0.4, -0.2) is 39.4 Å². The number of H-pyrrole nitrogens is 1. The van der Waals surface area contributed by atoms with Crippen LogP contribution in [0.5, 0.6) is 11.6 Å². The first-order chi connectivity index (χ1) is 17.5. The molecule has 1 aliphatic rings. The molecule has 2 N–H and O–H groups in total. The average Bonchev–Trinajstić information content (AvgIpc) is 3.27. The largest absolute Gasteiger partial charge is 0.486 e. The van der Waals surface area contributed by atoms with Crippen molar-refractivity contribution in [2.75, 3.05) is 13.1 Å². The van der Waals surface area contributed by atoms with E-state index >= 15 is 4.39 Å². The second-order valence-electron chi connectivity index (χ2n) is 8.87. The molecule has 0 spiro atoms. The Bertz CT molecular complexity index is 1360. The normalized spacial score (nSPS) is 15.7. The maximum absolute atomic E-state index is 15.1. The number of hydrogen-bond acceptors (Lipinski definition) is 6. The molecule has 4 heterocycles. The number of halogens is 2. The topological polar surface area (TPSA) is 85.0 Å². The molecule has 1 saturated heterocycles. The van der Waals surface area contributed by atoms with E-state index in [1.807, 2.05) is 32.0 Å². The standard InChI is InChI=1S/C27H27ClFN5O2/c1-16-13-31-15-22(28)27(16)17(2)35-20-4-5-24-21(11-20)25(34-33-24)12-23(29)18-3-6-26(32-14-18)36-19-7-9-30-10-8-19/h3-6,11-15,17,19,30H,7-10H2,1-2H3,(H,33,34)/b23-12-/t17-/m1/s1. The van der Waals surface area contributed by atoms with E-state index in [2.05, 4.69) is 25.5 Å². The van der Waals surface area contributed by atoms with E-state index in [0.717, 1.165) is 42.4 Å². The number of nitrogens with zero attached hydrogens (tertiary/aromatic N) is 3. The number of fused-ring (bicyclic) bond motifs is 1. The maximum atomic E-state index is 15.1. The third kappa shape index (κ3) is 5.34. The van der Waals surface area contributed by atoms with Crippen molar-refractivity contribution in [3.63, 3.8) is 0 Å². The Hall–Kier alpha value is -3.49. The predicted octanol–water partition coefficient (Wildman–Crippen LogP) is 6.05. The van der Waals surface area contributed by atoms with Crippen LogP contribution >= 0.6 is 11.6 Å². The van der Waals surface area contributed by atoms with Crippen LogP contribution in [0.15, 0.2) is 48.9 Å². The van der Waals surface area contributed by atoms with Gasteiger partial charge in [-0.05, 0) is 69.6 Å². The zero-order chi connectivity index (χ0) is 25.1. The van der Waals surface area contributed by atoms with Crippen molar-refractivity contribution in [1.29, 1.82) is 0 Å². The summed E-state index contributed by atoms with van der Waals surface area (Å²) in [5, 5.41) is 11.8. The van der Waals surface area contributed by atoms with Gasteiger partial charge in [-0.2, -0.15) is 5.10 Å². The summed E-state index contributed by atoms with van der Waals surface area (Å²) in [7, 11) is 0. The zero-order valence-corrected chi connectivity index (χ0v) is 20.8. The van der Waals surface area contributed by atoms with Crippen molar-refractivity contribution in [2.45, 2.75) is 38.9 Å². The quantitative estimate of drug-likeness (QED) is 0.316. The molecule has 0 aliphatic carbocycles. The van der Waals surface area contributed by atoms with Crippen LogP contribution in [0.4, 0.5) is 4.39 Å². The Morgan fingerprint density at radius 1 is 1.17 bits per heavy atom. The Morgan fingerprint density at radius 3 is 2.75 bits per heavy atom. The third-order valence-electron chi connectivity index (χ3n) is 6.27. The van der Waals surface area contributed by atoms with Crippen molar-refractivity contribution < 1.29 is 13.9 Å². The molecule has 5 rings (SSSR count). The molecular formula is C27H27ClFN5O2. The molecule has 1 aliphatic heterocycles. The number of nitrogens with one attached hydrogen (secondary N) is 2. The molecule has 9 heteroatoms. The summed E-state index contributed by atoms with van der Waals surface area (Å²) >= 11 is 6.35. The van der Waals surface area contributed by atoms with E-state index in [0.29, 0.717) is 33.4 Å². The minimum absolute atomic E-state index is 0.138. The van der Waals surface area contributed by atoms with E-state index in [1.54, 1.807) is 24.5 Å². The van der Waals surface area contributed by atoms with Gasteiger partial charge in [-0.3, -0.25) is 10.1 Å². The number of aryl methyl sites for hydroxylation is 1. The molecule has 0 unspecified atom stereocenters. The minimum atomic E-state index is -0.430. The van der Waals surface area contributed by atoms with E-state index in [4.69, 9.17) is 21.1 Å². The summed E-state index contributed by atoms with van der Waals surface area (Å²) in [5.74, 6) is 0.700. The van der Waals surface area contributed by atoms with Gasteiger partial charge in [0.05, 0.1) is 16.2 Å². The fraction of sp³-hybridized carbons (Fsp3) is 0.296. The van der Waals surface area contributed by atoms with Crippen LogP contribution in [0.3, 0.4) is 0 Å². The lowest BCUT2D eigenvalue weighted by Gasteiger charge is -2.23. The first kappa shape index (κ1) is 24.2. The number of hydrogen-bond donors (Lipinski definition) is 2. The Labute approximate surface area is 213 Å². The molecule has 186 valence electrons. The second kappa shape index (κ2) is 10.6. The molecule has 3 aromatic heterocycles. The summed E-state index contributed by atoms with van der Waals surface area (Å²) < 4.78 is 27.2. The van der Waals surface area contributed by atoms with E-state index in [1.165, 1.54) is 12.3 Å². The molecule has 7 nitrogen and oxygen atoms in total. The fourth-order valence-electron chi connectivity index (χ4n) is 4.40. The third-order valence-corrected chi connectivity index (χ3v) is 6.57. The summed E-state index contributed by atoms with van der Waals surface area (Å²) in [6.45, 7) is 5.74. The molecule has 0 bridgehead atoms. The SMILES string of the molecule is Cc1cncc(Cl)c1[C@@H](C)Oc1ccc2n[nH]c(/C=C(\F)c3ccc(OC4CCNCC4)nc3)c2c1. The number of rotatable bonds is 7. The Kier molecular flexibility index (Phi) is 7.16. The van der Waals surface area contributed by atoms with Gasteiger partial charge in [0, 0.05) is 47.2 Å². The molecule has 1 fully saturated rings. The number of ether oxygens (including phenoxy) is 2. The number of aromatic nitrogens is 4. The van der Waals surface area contributed by atoms with Gasteiger partial charge in [-0.15, -0.1) is 0 Å². The highest BCUT2D eigenvalue weighted by atomic mass is 35.5. The molecular weight excluding hydrogens is 481 g/mol. The molecule has 0 radical (unpaired) electrons. The summed E-state index contributed by atoms with van der Waals surface area (Å²) in [4.78, 5) is 8.40. The molecule has 4 aromatic rings. The van der Waals surface area contributed by atoms with Crippen LogP contribution in [-0.2, 0) is 0 Å². The van der Waals surface area contributed by atoms with Crippen molar-refractivity contribution in [3.8, 4) is 11.6 Å². The van der Waals surface area contributed by atoms with Gasteiger partial charge in [0.25, 0.3) is 0 Å². The lowest BCUT2D eigenvalue weighted by atomic mass is 10.1. The van der Waals surface area contributed by atoms with E-state index in [-0.39, 0.29) is 12.2 Å². The monoisotopic (exact) mass is 507 g/mol. The average molecular weight is 508 g/mol. The van der Waals surface area contributed by atoms with Gasteiger partial charge in [-0.25, -0.2) is 9.37 Å². The lowest BCUT2D eigenvalue weighted by Crippen LogP contribution is -2.34. The number of piperidine rings is 1. The molecule has 1 aromatic carbocycles. The molecule has 1 atom stereocenters. The highest BCUT2D eigenvalue weighted by Gasteiger charge is 2.17. The lowest BCUT2D eigenvalue weighted by molar-refractivity contribution is 0.156. The zero-order valence-electron chi connectivity index (χ0n) is 20.1. The highest BCUT2D eigenvalue weighted by Crippen LogP contribution is 2.32. The number of benzene rings is 1. The van der Waals surface area contributed by atoms with Crippen molar-refractivity contribution in [1.82, 2.24) is 25.5 Å². The van der Waals surface area contributed by atoms with Gasteiger partial charge in [-0.1, -0.05) is 11.6 Å². The van der Waals surface area contributed by atoms with E-state index in [9.17, 15) is 0 Å². The highest BCUT2D eigenvalue weighted by molar-refractivity contribution is 6.31. The summed E-state index contributed by atoms with van der Waals surface area (Å²) in [6, 6.07) is 8.88. The smallest absolute Gasteiger partial charge is 0.213 e. The molecule has 0 amide bonds. The number of aromatic amines is 1. The summed E-state index contributed by atoms with van der Waals surface area (Å²) in [5.41, 5.74) is 3.43. The first-order valence-electron chi connectivity index (χ1n) is 11.9. The van der Waals surface area contributed by atoms with Gasteiger partial charge in [0.2, 0.25) is 5.88 Å².